The molecule has 2 aliphatic rings. The smallest absolute Gasteiger partial charge is 0.393 e. The lowest BCUT2D eigenvalue weighted by atomic mass is 9.81. The third-order valence-electron chi connectivity index (χ3n) is 5.26. The number of ether oxygens (including phenoxy) is 2. The van der Waals surface area contributed by atoms with Crippen LogP contribution in [0, 0.1) is 0 Å². The summed E-state index contributed by atoms with van der Waals surface area (Å²) in [7, 11) is -5.25. The molecule has 1 aliphatic carbocycles. The first-order chi connectivity index (χ1) is 14.6. The summed E-state index contributed by atoms with van der Waals surface area (Å²) in [6, 6.07) is -3.20. The highest BCUT2D eigenvalue weighted by Gasteiger charge is 2.58. The molecular weight excluding hydrogens is 459 g/mol. The number of hydrogen-bond donors (Lipinski definition) is 11. The molecule has 0 aromatic carbocycles. The number of nitrogens with two attached hydrogens (primary N) is 4. The van der Waals surface area contributed by atoms with Crippen LogP contribution in [0.5, 0.6) is 0 Å². The van der Waals surface area contributed by atoms with Gasteiger partial charge in [0, 0.05) is 0 Å². The van der Waals surface area contributed by atoms with Crippen LogP contribution in [-0.4, -0.2) is 114 Å². The molecule has 18 heteroatoms. The summed E-state index contributed by atoms with van der Waals surface area (Å²) >= 11 is 0. The number of aliphatic hydroxyl groups excluding tert-OH is 4. The molecule has 186 valence electrons. The third kappa shape index (κ3) is 5.46. The van der Waals surface area contributed by atoms with Crippen molar-refractivity contribution in [2.45, 2.75) is 67.5 Å². The summed E-state index contributed by atoms with van der Waals surface area (Å²) in [6.07, 6.45) is -12.1. The van der Waals surface area contributed by atoms with E-state index in [0.717, 1.165) is 0 Å². The average molecular weight is 488 g/mol. The van der Waals surface area contributed by atoms with Gasteiger partial charge in [-0.3, -0.25) is 4.52 Å². The van der Waals surface area contributed by atoms with Crippen molar-refractivity contribution < 1.29 is 53.9 Å². The molecule has 32 heavy (non-hydrogen) atoms. The van der Waals surface area contributed by atoms with E-state index in [-0.39, 0.29) is 0 Å². The van der Waals surface area contributed by atoms with Gasteiger partial charge in [-0.25, -0.2) is 14.5 Å². The van der Waals surface area contributed by atoms with E-state index in [0.29, 0.717) is 0 Å². The fourth-order valence-electron chi connectivity index (χ4n) is 3.62. The first-order valence-electron chi connectivity index (χ1n) is 9.22. The maximum Gasteiger partial charge on any atom is 0.470 e. The van der Waals surface area contributed by atoms with E-state index in [1.807, 2.05) is 0 Å². The van der Waals surface area contributed by atoms with Crippen LogP contribution in [0.1, 0.15) is 6.92 Å². The van der Waals surface area contributed by atoms with Crippen LogP contribution in [0.25, 0.3) is 0 Å². The van der Waals surface area contributed by atoms with E-state index in [1.54, 1.807) is 0 Å². The number of guanidine groups is 2. The Morgan fingerprint density at radius 2 is 1.53 bits per heavy atom. The predicted molar refractivity (Wildman–Crippen MR) is 105 cm³/mol. The van der Waals surface area contributed by atoms with Crippen LogP contribution in [-0.2, 0) is 18.6 Å². The van der Waals surface area contributed by atoms with Gasteiger partial charge < -0.3 is 67.7 Å². The number of phosphoric ester groups is 1. The lowest BCUT2D eigenvalue weighted by molar-refractivity contribution is -0.240. The maximum absolute atomic E-state index is 11.4. The molecule has 0 amide bonds. The van der Waals surface area contributed by atoms with Crippen LogP contribution in [0.15, 0.2) is 9.98 Å². The Labute approximate surface area is 181 Å². The van der Waals surface area contributed by atoms with Crippen LogP contribution in [0.2, 0.25) is 0 Å². The van der Waals surface area contributed by atoms with Crippen LogP contribution in [0.4, 0.5) is 0 Å². The summed E-state index contributed by atoms with van der Waals surface area (Å²) in [4.78, 5) is 25.9. The molecule has 0 spiro atoms. The van der Waals surface area contributed by atoms with Crippen molar-refractivity contribution in [2.24, 2.45) is 32.9 Å². The van der Waals surface area contributed by atoms with Crippen molar-refractivity contribution in [3.63, 3.8) is 0 Å². The highest BCUT2D eigenvalue weighted by molar-refractivity contribution is 7.46. The molecule has 0 radical (unpaired) electrons. The summed E-state index contributed by atoms with van der Waals surface area (Å²) < 4.78 is 26.8. The van der Waals surface area contributed by atoms with Gasteiger partial charge in [-0.15, -0.1) is 0 Å². The summed E-state index contributed by atoms with van der Waals surface area (Å²) in [5.41, 5.74) is 19.3. The SMILES string of the molecule is C[C@@H]1O[C@@H](O[C@@H]2[C@@H](O)[C@H](OP(=O)(O)O)[C@@H](N=C(N)N)[C@H](O)[C@H]2N=C(N)N)[C@H](O)[C@@]1(O)CO. The maximum atomic E-state index is 11.4. The minimum Gasteiger partial charge on any atom is -0.393 e. The number of phosphoric acid groups is 1. The van der Waals surface area contributed by atoms with E-state index < -0.39 is 86.9 Å². The molecule has 1 heterocycles. The highest BCUT2D eigenvalue weighted by atomic mass is 31.2. The van der Waals surface area contributed by atoms with Gasteiger partial charge in [-0.2, -0.15) is 0 Å². The quantitative estimate of drug-likeness (QED) is 0.0901. The molecule has 0 unspecified atom stereocenters. The van der Waals surface area contributed by atoms with Crippen molar-refractivity contribution in [1.82, 2.24) is 0 Å². The van der Waals surface area contributed by atoms with Crippen molar-refractivity contribution in [2.75, 3.05) is 6.61 Å². The van der Waals surface area contributed by atoms with E-state index in [1.165, 1.54) is 6.92 Å². The second-order valence-corrected chi connectivity index (χ2v) is 8.66. The third-order valence-corrected chi connectivity index (χ3v) is 5.78. The molecule has 1 saturated heterocycles. The lowest BCUT2D eigenvalue weighted by Gasteiger charge is -2.45. The molecule has 1 aliphatic heterocycles. The monoisotopic (exact) mass is 488 g/mol. The molecule has 17 nitrogen and oxygen atoms in total. The summed E-state index contributed by atoms with van der Waals surface area (Å²) in [6.45, 7) is 0.426. The summed E-state index contributed by atoms with van der Waals surface area (Å²) in [5, 5.41) is 51.7. The van der Waals surface area contributed by atoms with Gasteiger partial charge in [0.15, 0.2) is 18.2 Å². The van der Waals surface area contributed by atoms with E-state index >= 15 is 0 Å². The van der Waals surface area contributed by atoms with Crippen molar-refractivity contribution in [3.8, 4) is 0 Å². The first-order valence-corrected chi connectivity index (χ1v) is 10.7. The number of aliphatic hydroxyl groups is 5. The molecule has 0 aromatic rings. The second kappa shape index (κ2) is 9.70. The van der Waals surface area contributed by atoms with Gasteiger partial charge in [0.05, 0.1) is 12.7 Å². The molecule has 2 rings (SSSR count). The second-order valence-electron chi connectivity index (χ2n) is 7.47. The van der Waals surface area contributed by atoms with Gasteiger partial charge in [0.25, 0.3) is 0 Å². The van der Waals surface area contributed by atoms with Gasteiger partial charge >= 0.3 is 7.82 Å². The molecule has 1 saturated carbocycles. The minimum atomic E-state index is -5.25. The number of rotatable bonds is 7. The number of hydrogen-bond acceptors (Lipinski definition) is 11. The van der Waals surface area contributed by atoms with E-state index in [4.69, 9.17) is 32.4 Å². The zero-order valence-corrected chi connectivity index (χ0v) is 17.7. The Hall–Kier alpha value is -1.63. The van der Waals surface area contributed by atoms with Gasteiger partial charge in [-0.1, -0.05) is 0 Å². The average Bonchev–Trinajstić information content (AvgIpc) is 2.88. The number of aliphatic imine (C=N–C) groups is 2. The Morgan fingerprint density at radius 1 is 1.03 bits per heavy atom. The standard InChI is InChI=1S/C14H29N6O11P/c1-3-14(25,2-21)10(24)11(29-3)30-8-4(19-12(15)16)6(22)5(20-13(17)18)9(7(8)23)31-32(26,27)28/h3-11,21-25H,2H2,1H3,(H4,15,16,19)(H4,17,18,20)(H2,26,27,28)/t3-,4+,5-,6+,7+,8-,9+,10-,11-,14+/m0/s1. The van der Waals surface area contributed by atoms with Crippen LogP contribution in [0.3, 0.4) is 0 Å². The van der Waals surface area contributed by atoms with Crippen LogP contribution < -0.4 is 22.9 Å². The van der Waals surface area contributed by atoms with Crippen molar-refractivity contribution in [3.05, 3.63) is 0 Å². The Bertz CT molecular complexity index is 774. The number of nitrogens with zero attached hydrogens (tertiary/aromatic N) is 2. The largest absolute Gasteiger partial charge is 0.470 e. The van der Waals surface area contributed by atoms with Gasteiger partial charge in [0.2, 0.25) is 0 Å². The van der Waals surface area contributed by atoms with E-state index in [2.05, 4.69) is 14.5 Å². The normalized spacial score (nSPS) is 42.4. The Kier molecular flexibility index (Phi) is 8.07. The fraction of sp³-hybridized carbons (Fsp3) is 0.857. The topological polar surface area (TPSA) is 315 Å². The van der Waals surface area contributed by atoms with Crippen molar-refractivity contribution in [1.29, 1.82) is 0 Å². The van der Waals surface area contributed by atoms with Gasteiger partial charge in [-0.05, 0) is 6.92 Å². The molecule has 0 aromatic heterocycles. The summed E-state index contributed by atoms with van der Waals surface area (Å²) in [5.74, 6) is -1.18. The molecule has 10 atom stereocenters. The Morgan fingerprint density at radius 3 is 1.94 bits per heavy atom. The zero-order valence-electron chi connectivity index (χ0n) is 16.8. The van der Waals surface area contributed by atoms with Gasteiger partial charge in [0.1, 0.15) is 48.2 Å². The lowest BCUT2D eigenvalue weighted by Crippen LogP contribution is -2.65. The van der Waals surface area contributed by atoms with E-state index in [9.17, 15) is 39.9 Å². The minimum absolute atomic E-state index is 0.569. The van der Waals surface area contributed by atoms with Crippen LogP contribution >= 0.6 is 7.82 Å². The van der Waals surface area contributed by atoms with Crippen molar-refractivity contribution >= 4 is 19.7 Å². The predicted octanol–water partition coefficient (Wildman–Crippen LogP) is -6.30. The fourth-order valence-corrected chi connectivity index (χ4v) is 4.19. The molecule has 2 fully saturated rings. The zero-order chi connectivity index (χ0) is 24.6. The highest BCUT2D eigenvalue weighted by Crippen LogP contribution is 2.43. The first kappa shape index (κ1) is 26.6. The Balaban J connectivity index is 2.47. The molecular formula is C14H29N6O11P. The molecule has 0 bridgehead atoms. The molecule has 15 N–H and O–H groups in total.